The van der Waals surface area contributed by atoms with Crippen LogP contribution in [-0.4, -0.2) is 43.8 Å². The quantitative estimate of drug-likeness (QED) is 0.659. The molecule has 0 saturated carbocycles. The van der Waals surface area contributed by atoms with Gasteiger partial charge in [0.15, 0.2) is 0 Å². The van der Waals surface area contributed by atoms with Gasteiger partial charge in [0, 0.05) is 20.2 Å². The lowest BCUT2D eigenvalue weighted by Gasteiger charge is -2.41. The highest BCUT2D eigenvalue weighted by atomic mass is 16.5. The van der Waals surface area contributed by atoms with Crippen molar-refractivity contribution < 1.29 is 4.74 Å². The normalized spacial score (nSPS) is 15.8. The molecule has 0 aliphatic carbocycles. The van der Waals surface area contributed by atoms with Crippen molar-refractivity contribution in [1.82, 2.24) is 4.90 Å². The van der Waals surface area contributed by atoms with Crippen LogP contribution in [0.4, 0.5) is 0 Å². The summed E-state index contributed by atoms with van der Waals surface area (Å²) in [6.07, 6.45) is 2.47. The molecule has 0 rings (SSSR count). The number of nitrogens with zero attached hydrogens (tertiary/aromatic N) is 1. The van der Waals surface area contributed by atoms with Crippen LogP contribution in [0.1, 0.15) is 40.5 Å². The lowest BCUT2D eigenvalue weighted by molar-refractivity contribution is 0.0198. The molecule has 3 heteroatoms. The number of likely N-dealkylation sites (N-methyl/N-ethyl adjacent to an activating group) is 1. The first-order valence-corrected chi connectivity index (χ1v) is 6.51. The first kappa shape index (κ1) is 15.9. The molecule has 0 radical (unpaired) electrons. The molecule has 16 heavy (non-hydrogen) atoms. The van der Waals surface area contributed by atoms with Crippen molar-refractivity contribution in [2.24, 2.45) is 11.7 Å². The Morgan fingerprint density at radius 2 is 1.81 bits per heavy atom. The zero-order valence-corrected chi connectivity index (χ0v) is 11.8. The zero-order chi connectivity index (χ0) is 12.6. The number of hydrogen-bond donors (Lipinski definition) is 1. The van der Waals surface area contributed by atoms with Crippen LogP contribution < -0.4 is 5.73 Å². The highest BCUT2D eigenvalue weighted by Crippen LogP contribution is 2.19. The fourth-order valence-electron chi connectivity index (χ4n) is 2.18. The van der Waals surface area contributed by atoms with Crippen LogP contribution in [0, 0.1) is 5.92 Å². The Labute approximate surface area is 101 Å². The minimum Gasteiger partial charge on any atom is -0.383 e. The molecule has 2 N–H and O–H groups in total. The number of nitrogens with two attached hydrogens (primary N) is 1. The molecule has 0 aromatic heterocycles. The lowest BCUT2D eigenvalue weighted by atomic mass is 9.96. The van der Waals surface area contributed by atoms with Gasteiger partial charge in [0.05, 0.1) is 12.1 Å². The van der Waals surface area contributed by atoms with Gasteiger partial charge >= 0.3 is 0 Å². The average Bonchev–Trinajstić information content (AvgIpc) is 2.31. The second-order valence-electron chi connectivity index (χ2n) is 4.86. The van der Waals surface area contributed by atoms with Crippen LogP contribution >= 0.6 is 0 Å². The predicted molar refractivity (Wildman–Crippen MR) is 70.7 cm³/mol. The third-order valence-electron chi connectivity index (χ3n) is 3.67. The zero-order valence-electron chi connectivity index (χ0n) is 11.8. The Balaban J connectivity index is 4.54. The molecule has 0 bridgehead atoms. The molecule has 0 saturated heterocycles. The molecular formula is C13H30N2O. The molecule has 0 aliphatic rings. The smallest absolute Gasteiger partial charge is 0.0656 e. The van der Waals surface area contributed by atoms with Gasteiger partial charge in [-0.2, -0.15) is 0 Å². The van der Waals surface area contributed by atoms with Crippen molar-refractivity contribution in [3.05, 3.63) is 0 Å². The summed E-state index contributed by atoms with van der Waals surface area (Å²) in [5.74, 6) is 0.766. The number of methoxy groups -OCH3 is 1. The van der Waals surface area contributed by atoms with Gasteiger partial charge in [-0.1, -0.05) is 33.6 Å². The molecule has 3 nitrogen and oxygen atoms in total. The topological polar surface area (TPSA) is 38.5 Å². The highest BCUT2D eigenvalue weighted by molar-refractivity contribution is 4.87. The molecule has 0 aromatic rings. The van der Waals surface area contributed by atoms with Crippen molar-refractivity contribution in [2.75, 3.05) is 33.4 Å². The summed E-state index contributed by atoms with van der Waals surface area (Å²) in [7, 11) is 1.75. The van der Waals surface area contributed by atoms with Crippen molar-refractivity contribution >= 4 is 0 Å². The molecule has 98 valence electrons. The van der Waals surface area contributed by atoms with E-state index in [0.29, 0.717) is 13.2 Å². The van der Waals surface area contributed by atoms with Crippen LogP contribution in [-0.2, 0) is 4.74 Å². The van der Waals surface area contributed by atoms with E-state index >= 15 is 0 Å². The van der Waals surface area contributed by atoms with Crippen LogP contribution in [0.15, 0.2) is 0 Å². The maximum absolute atomic E-state index is 5.91. The van der Waals surface area contributed by atoms with E-state index in [9.17, 15) is 0 Å². The van der Waals surface area contributed by atoms with E-state index in [1.54, 1.807) is 7.11 Å². The van der Waals surface area contributed by atoms with E-state index in [1.807, 2.05) is 0 Å². The first-order chi connectivity index (χ1) is 7.57. The van der Waals surface area contributed by atoms with Crippen LogP contribution in [0.25, 0.3) is 0 Å². The number of hydrogen-bond acceptors (Lipinski definition) is 3. The fourth-order valence-corrected chi connectivity index (χ4v) is 2.18. The standard InChI is InChI=1S/C13H30N2O/c1-6-12(7-2)9-15(8-3)13(4,10-14)11-16-5/h12H,6-11,14H2,1-5H3. The molecule has 0 amide bonds. The highest BCUT2D eigenvalue weighted by Gasteiger charge is 2.30. The van der Waals surface area contributed by atoms with Crippen molar-refractivity contribution in [3.63, 3.8) is 0 Å². The summed E-state index contributed by atoms with van der Waals surface area (Å²) in [5, 5.41) is 0. The minimum absolute atomic E-state index is 0.0217. The Kier molecular flexibility index (Phi) is 7.98. The molecule has 0 heterocycles. The van der Waals surface area contributed by atoms with E-state index in [2.05, 4.69) is 32.6 Å². The molecule has 0 fully saturated rings. The number of ether oxygens (including phenoxy) is 1. The lowest BCUT2D eigenvalue weighted by Crippen LogP contribution is -2.55. The number of rotatable bonds is 9. The summed E-state index contributed by atoms with van der Waals surface area (Å²) in [6, 6.07) is 0. The third kappa shape index (κ3) is 4.40. The van der Waals surface area contributed by atoms with Gasteiger partial charge < -0.3 is 10.5 Å². The molecule has 0 aromatic carbocycles. The van der Waals surface area contributed by atoms with Crippen molar-refractivity contribution in [2.45, 2.75) is 46.1 Å². The van der Waals surface area contributed by atoms with E-state index in [4.69, 9.17) is 10.5 Å². The molecule has 1 unspecified atom stereocenters. The summed E-state index contributed by atoms with van der Waals surface area (Å²) >= 11 is 0. The van der Waals surface area contributed by atoms with Gasteiger partial charge in [-0.3, -0.25) is 4.90 Å². The van der Waals surface area contributed by atoms with Crippen molar-refractivity contribution in [3.8, 4) is 0 Å². The molecule has 0 spiro atoms. The van der Waals surface area contributed by atoms with Gasteiger partial charge in [0.1, 0.15) is 0 Å². The Morgan fingerprint density at radius 3 is 2.12 bits per heavy atom. The van der Waals surface area contributed by atoms with E-state index in [0.717, 1.165) is 19.0 Å². The van der Waals surface area contributed by atoms with Gasteiger partial charge in [0.2, 0.25) is 0 Å². The van der Waals surface area contributed by atoms with Gasteiger partial charge in [0.25, 0.3) is 0 Å². The van der Waals surface area contributed by atoms with Crippen LogP contribution in [0.3, 0.4) is 0 Å². The van der Waals surface area contributed by atoms with E-state index in [-0.39, 0.29) is 5.54 Å². The van der Waals surface area contributed by atoms with Crippen LogP contribution in [0.5, 0.6) is 0 Å². The summed E-state index contributed by atoms with van der Waals surface area (Å²) in [5.41, 5.74) is 5.88. The van der Waals surface area contributed by atoms with E-state index < -0.39 is 0 Å². The summed E-state index contributed by atoms with van der Waals surface area (Å²) < 4.78 is 5.31. The average molecular weight is 230 g/mol. The van der Waals surface area contributed by atoms with Gasteiger partial charge in [-0.15, -0.1) is 0 Å². The predicted octanol–water partition coefficient (Wildman–Crippen LogP) is 2.11. The monoisotopic (exact) mass is 230 g/mol. The van der Waals surface area contributed by atoms with E-state index in [1.165, 1.54) is 12.8 Å². The first-order valence-electron chi connectivity index (χ1n) is 6.51. The Morgan fingerprint density at radius 1 is 1.25 bits per heavy atom. The van der Waals surface area contributed by atoms with Crippen molar-refractivity contribution in [1.29, 1.82) is 0 Å². The van der Waals surface area contributed by atoms with Gasteiger partial charge in [-0.05, 0) is 19.4 Å². The third-order valence-corrected chi connectivity index (χ3v) is 3.67. The second-order valence-corrected chi connectivity index (χ2v) is 4.86. The van der Waals surface area contributed by atoms with Gasteiger partial charge in [-0.25, -0.2) is 0 Å². The fraction of sp³-hybridized carbons (Fsp3) is 1.00. The largest absolute Gasteiger partial charge is 0.383 e. The Hall–Kier alpha value is -0.120. The molecular weight excluding hydrogens is 200 g/mol. The molecule has 1 atom stereocenters. The maximum atomic E-state index is 5.91. The minimum atomic E-state index is -0.0217. The Bertz CT molecular complexity index is 171. The maximum Gasteiger partial charge on any atom is 0.0656 e. The SMILES string of the molecule is CCC(CC)CN(CC)C(C)(CN)COC. The summed E-state index contributed by atoms with van der Waals surface area (Å²) in [4.78, 5) is 2.47. The second kappa shape index (κ2) is 8.04. The van der Waals surface area contributed by atoms with Crippen LogP contribution in [0.2, 0.25) is 0 Å². The molecule has 0 aliphatic heterocycles. The summed E-state index contributed by atoms with van der Waals surface area (Å²) in [6.45, 7) is 12.4.